The van der Waals surface area contributed by atoms with Crippen molar-refractivity contribution < 1.29 is 17.9 Å². The Morgan fingerprint density at radius 3 is 2.47 bits per heavy atom. The molecule has 2 N–H and O–H groups in total. The van der Waals surface area contributed by atoms with Gasteiger partial charge in [0.25, 0.3) is 0 Å². The second kappa shape index (κ2) is 12.0. The average molecular weight is 539 g/mol. The molecule has 0 radical (unpaired) electrons. The number of hydrogen-bond acceptors (Lipinski definition) is 3. The van der Waals surface area contributed by atoms with Crippen molar-refractivity contribution in [3.05, 3.63) is 47.3 Å². The summed E-state index contributed by atoms with van der Waals surface area (Å²) in [5.74, 6) is 1.60. The van der Waals surface area contributed by atoms with Crippen molar-refractivity contribution in [3.63, 3.8) is 0 Å². The summed E-state index contributed by atoms with van der Waals surface area (Å²) >= 11 is 0. The second-order valence-corrected chi connectivity index (χ2v) is 6.76. The molecule has 0 amide bonds. The Bertz CT molecular complexity index is 806. The Morgan fingerprint density at radius 1 is 1.23 bits per heavy atom. The molecule has 0 fully saturated rings. The molecule has 1 atom stereocenters. The van der Waals surface area contributed by atoms with Crippen LogP contribution in [0.1, 0.15) is 43.0 Å². The van der Waals surface area contributed by atoms with Crippen LogP contribution in [0.2, 0.25) is 0 Å². The molecule has 2 aromatic rings. The zero-order valence-corrected chi connectivity index (χ0v) is 19.9. The lowest BCUT2D eigenvalue weighted by molar-refractivity contribution is -0.142. The van der Waals surface area contributed by atoms with Crippen molar-refractivity contribution in [2.24, 2.45) is 12.0 Å². The third-order valence-electron chi connectivity index (χ3n) is 4.48. The van der Waals surface area contributed by atoms with Crippen LogP contribution in [-0.4, -0.2) is 35.9 Å². The SMILES string of the molecule is CCNC(=NCc1cn(C)nc1C(F)(F)F)NCCC(C)c1ccc(OC)cc1.I. The number of guanidine groups is 1. The van der Waals surface area contributed by atoms with Crippen LogP contribution in [0.4, 0.5) is 13.2 Å². The smallest absolute Gasteiger partial charge is 0.435 e. The van der Waals surface area contributed by atoms with E-state index in [2.05, 4.69) is 27.6 Å². The average Bonchev–Trinajstić information content (AvgIpc) is 3.07. The van der Waals surface area contributed by atoms with E-state index in [9.17, 15) is 13.2 Å². The maximum absolute atomic E-state index is 13.1. The number of nitrogens with one attached hydrogen (secondary N) is 2. The quantitative estimate of drug-likeness (QED) is 0.298. The lowest BCUT2D eigenvalue weighted by Gasteiger charge is -2.15. The van der Waals surface area contributed by atoms with Gasteiger partial charge in [-0.15, -0.1) is 24.0 Å². The maximum Gasteiger partial charge on any atom is 0.435 e. The molecule has 0 bridgehead atoms. The van der Waals surface area contributed by atoms with Crippen LogP contribution in [0, 0.1) is 0 Å². The number of rotatable bonds is 8. The van der Waals surface area contributed by atoms with E-state index in [-0.39, 0.29) is 36.1 Å². The third-order valence-corrected chi connectivity index (χ3v) is 4.48. The van der Waals surface area contributed by atoms with Crippen molar-refractivity contribution in [1.29, 1.82) is 0 Å². The monoisotopic (exact) mass is 539 g/mol. The molecule has 168 valence electrons. The highest BCUT2D eigenvalue weighted by Crippen LogP contribution is 2.30. The lowest BCUT2D eigenvalue weighted by atomic mass is 9.98. The van der Waals surface area contributed by atoms with Crippen molar-refractivity contribution in [3.8, 4) is 5.75 Å². The molecule has 0 saturated carbocycles. The summed E-state index contributed by atoms with van der Waals surface area (Å²) < 4.78 is 45.5. The van der Waals surface area contributed by atoms with Gasteiger partial charge in [-0.05, 0) is 37.0 Å². The Morgan fingerprint density at radius 2 is 1.90 bits per heavy atom. The van der Waals surface area contributed by atoms with Crippen LogP contribution in [0.15, 0.2) is 35.5 Å². The first kappa shape index (κ1) is 26.1. The van der Waals surface area contributed by atoms with E-state index in [1.165, 1.54) is 18.8 Å². The Labute approximate surface area is 192 Å². The van der Waals surface area contributed by atoms with Gasteiger partial charge in [-0.25, -0.2) is 4.99 Å². The fourth-order valence-electron chi connectivity index (χ4n) is 2.90. The van der Waals surface area contributed by atoms with Gasteiger partial charge in [0.2, 0.25) is 0 Å². The molecule has 0 aliphatic rings. The van der Waals surface area contributed by atoms with Gasteiger partial charge in [0.05, 0.1) is 13.7 Å². The van der Waals surface area contributed by atoms with Gasteiger partial charge < -0.3 is 15.4 Å². The number of halogens is 4. The molecule has 1 unspecified atom stereocenters. The van der Waals surface area contributed by atoms with Crippen LogP contribution in [0.3, 0.4) is 0 Å². The Hall–Kier alpha value is -1.98. The van der Waals surface area contributed by atoms with Gasteiger partial charge >= 0.3 is 6.18 Å². The van der Waals surface area contributed by atoms with Crippen molar-refractivity contribution >= 4 is 29.9 Å². The van der Waals surface area contributed by atoms with E-state index in [0.29, 0.717) is 25.0 Å². The van der Waals surface area contributed by atoms with Gasteiger partial charge in [0.1, 0.15) is 5.75 Å². The highest BCUT2D eigenvalue weighted by atomic mass is 127. The number of aryl methyl sites for hydroxylation is 1. The predicted octanol–water partition coefficient (Wildman–Crippen LogP) is 4.31. The number of benzene rings is 1. The predicted molar refractivity (Wildman–Crippen MR) is 122 cm³/mol. The number of nitrogens with zero attached hydrogens (tertiary/aromatic N) is 3. The molecule has 2 rings (SSSR count). The number of alkyl halides is 3. The first-order chi connectivity index (χ1) is 13.7. The largest absolute Gasteiger partial charge is 0.497 e. The number of aliphatic imine (C=N–C) groups is 1. The van der Waals surface area contributed by atoms with Gasteiger partial charge in [-0.3, -0.25) is 4.68 Å². The zero-order chi connectivity index (χ0) is 21.4. The summed E-state index contributed by atoms with van der Waals surface area (Å²) in [5, 5.41) is 9.75. The lowest BCUT2D eigenvalue weighted by Crippen LogP contribution is -2.38. The van der Waals surface area contributed by atoms with E-state index >= 15 is 0 Å². The highest BCUT2D eigenvalue weighted by Gasteiger charge is 2.36. The molecule has 30 heavy (non-hydrogen) atoms. The molecule has 0 aliphatic heterocycles. The first-order valence-corrected chi connectivity index (χ1v) is 9.50. The van der Waals surface area contributed by atoms with Crippen LogP contribution in [0.5, 0.6) is 5.75 Å². The molecular weight excluding hydrogens is 510 g/mol. The number of hydrogen-bond donors (Lipinski definition) is 2. The summed E-state index contributed by atoms with van der Waals surface area (Å²) in [6.45, 7) is 5.17. The molecule has 0 aliphatic carbocycles. The van der Waals surface area contributed by atoms with E-state index in [1.807, 2.05) is 31.2 Å². The fourth-order valence-corrected chi connectivity index (χ4v) is 2.90. The molecule has 6 nitrogen and oxygen atoms in total. The molecule has 10 heteroatoms. The Balaban J connectivity index is 0.00000450. The van der Waals surface area contributed by atoms with E-state index in [4.69, 9.17) is 4.74 Å². The van der Waals surface area contributed by atoms with Gasteiger partial charge in [0, 0.05) is 31.9 Å². The molecule has 0 saturated heterocycles. The van der Waals surface area contributed by atoms with Crippen LogP contribution in [-0.2, 0) is 19.8 Å². The molecule has 1 aromatic heterocycles. The van der Waals surface area contributed by atoms with Gasteiger partial charge in [0.15, 0.2) is 11.7 Å². The fraction of sp³-hybridized carbons (Fsp3) is 0.500. The second-order valence-electron chi connectivity index (χ2n) is 6.76. The highest BCUT2D eigenvalue weighted by molar-refractivity contribution is 14.0. The van der Waals surface area contributed by atoms with Crippen molar-refractivity contribution in [2.75, 3.05) is 20.2 Å². The first-order valence-electron chi connectivity index (χ1n) is 9.50. The van der Waals surface area contributed by atoms with Gasteiger partial charge in [-0.2, -0.15) is 18.3 Å². The number of aromatic nitrogens is 2. The van der Waals surface area contributed by atoms with Crippen LogP contribution in [0.25, 0.3) is 0 Å². The summed E-state index contributed by atoms with van der Waals surface area (Å²) in [6, 6.07) is 7.92. The van der Waals surface area contributed by atoms with E-state index in [1.54, 1.807) is 7.11 Å². The van der Waals surface area contributed by atoms with E-state index < -0.39 is 11.9 Å². The summed E-state index contributed by atoms with van der Waals surface area (Å²) in [7, 11) is 3.10. The van der Waals surface area contributed by atoms with Crippen LogP contribution >= 0.6 is 24.0 Å². The third kappa shape index (κ3) is 7.69. The minimum absolute atomic E-state index is 0. The summed E-state index contributed by atoms with van der Waals surface area (Å²) in [4.78, 5) is 4.29. The van der Waals surface area contributed by atoms with Crippen LogP contribution < -0.4 is 15.4 Å². The number of methoxy groups -OCH3 is 1. The van der Waals surface area contributed by atoms with Crippen molar-refractivity contribution in [1.82, 2.24) is 20.4 Å². The summed E-state index contributed by atoms with van der Waals surface area (Å²) in [6.07, 6.45) is -2.30. The molecular formula is C20H29F3IN5O. The minimum Gasteiger partial charge on any atom is -0.497 e. The minimum atomic E-state index is -4.49. The van der Waals surface area contributed by atoms with E-state index in [0.717, 1.165) is 16.9 Å². The number of ether oxygens (including phenoxy) is 1. The Kier molecular flexibility index (Phi) is 10.4. The molecule has 1 heterocycles. The standard InChI is InChI=1S/C20H28F3N5O.HI/c1-5-24-19(26-12-16-13-28(3)27-18(16)20(21,22)23)25-11-10-14(2)15-6-8-17(29-4)9-7-15;/h6-9,13-14H,5,10-12H2,1-4H3,(H2,24,25,26);1H. The maximum atomic E-state index is 13.1. The normalized spacial score (nSPS) is 12.8. The summed E-state index contributed by atoms with van der Waals surface area (Å²) in [5.41, 5.74) is 0.344. The zero-order valence-electron chi connectivity index (χ0n) is 17.6. The molecule has 1 aromatic carbocycles. The van der Waals surface area contributed by atoms with Crippen molar-refractivity contribution in [2.45, 2.75) is 38.9 Å². The topological polar surface area (TPSA) is 63.5 Å². The van der Waals surface area contributed by atoms with Gasteiger partial charge in [-0.1, -0.05) is 19.1 Å². The molecule has 0 spiro atoms.